The van der Waals surface area contributed by atoms with E-state index in [-0.39, 0.29) is 5.91 Å². The van der Waals surface area contributed by atoms with Crippen LogP contribution in [0.1, 0.15) is 36.0 Å². The second-order valence-electron chi connectivity index (χ2n) is 4.92. The lowest BCUT2D eigenvalue weighted by molar-refractivity contribution is 0.0706. The van der Waals surface area contributed by atoms with Crippen molar-refractivity contribution < 1.29 is 4.79 Å². The van der Waals surface area contributed by atoms with Crippen molar-refractivity contribution >= 4 is 23.2 Å². The summed E-state index contributed by atoms with van der Waals surface area (Å²) in [5.41, 5.74) is 6.80. The largest absolute Gasteiger partial charge is 0.398 e. The van der Waals surface area contributed by atoms with E-state index < -0.39 is 0 Å². The molecule has 19 heavy (non-hydrogen) atoms. The van der Waals surface area contributed by atoms with Crippen LogP contribution in [0.25, 0.3) is 0 Å². The number of nitrogen functional groups attached to an aromatic ring is 1. The number of carbonyl (C=O) groups is 1. The Hall–Kier alpha value is -1.48. The number of hydrogen-bond acceptors (Lipinski definition) is 2. The van der Waals surface area contributed by atoms with Gasteiger partial charge < -0.3 is 10.6 Å². The van der Waals surface area contributed by atoms with Gasteiger partial charge in [0.05, 0.1) is 10.7 Å². The molecule has 1 aromatic carbocycles. The summed E-state index contributed by atoms with van der Waals surface area (Å²) in [6, 6.07) is 5.37. The zero-order valence-electron chi connectivity index (χ0n) is 10.9. The minimum Gasteiger partial charge on any atom is -0.398 e. The maximum Gasteiger partial charge on any atom is 0.254 e. The normalized spacial score (nSPS) is 15.4. The molecule has 0 aromatic heterocycles. The Morgan fingerprint density at radius 2 is 2.16 bits per heavy atom. The Kier molecular flexibility index (Phi) is 4.48. The fraction of sp³-hybridized carbons (Fsp3) is 0.400. The van der Waals surface area contributed by atoms with Gasteiger partial charge in [0, 0.05) is 18.2 Å². The molecule has 0 heterocycles. The van der Waals surface area contributed by atoms with E-state index in [1.54, 1.807) is 24.3 Å². The van der Waals surface area contributed by atoms with Crippen LogP contribution in [-0.4, -0.2) is 23.4 Å². The molecule has 2 rings (SSSR count). The molecule has 1 fully saturated rings. The SMILES string of the molecule is C=CCN(C(=O)c1ccc(Cl)c(N)c1)C1CCCC1. The summed E-state index contributed by atoms with van der Waals surface area (Å²) >= 11 is 5.89. The molecule has 1 aliphatic carbocycles. The standard InChI is InChI=1S/C15H19ClN2O/c1-2-9-18(12-5-3-4-6-12)15(19)11-7-8-13(16)14(17)10-11/h2,7-8,10,12H,1,3-6,9,17H2. The molecular weight excluding hydrogens is 260 g/mol. The highest BCUT2D eigenvalue weighted by Gasteiger charge is 2.26. The molecule has 2 N–H and O–H groups in total. The van der Waals surface area contributed by atoms with Crippen molar-refractivity contribution in [3.8, 4) is 0 Å². The fourth-order valence-electron chi connectivity index (χ4n) is 2.60. The van der Waals surface area contributed by atoms with Crippen molar-refractivity contribution in [3.05, 3.63) is 41.4 Å². The van der Waals surface area contributed by atoms with Crippen LogP contribution >= 0.6 is 11.6 Å². The fourth-order valence-corrected chi connectivity index (χ4v) is 2.71. The Morgan fingerprint density at radius 3 is 2.74 bits per heavy atom. The predicted octanol–water partition coefficient (Wildman–Crippen LogP) is 3.49. The van der Waals surface area contributed by atoms with Crippen LogP contribution < -0.4 is 5.73 Å². The minimum absolute atomic E-state index is 0.00941. The maximum absolute atomic E-state index is 12.6. The summed E-state index contributed by atoms with van der Waals surface area (Å²) in [5.74, 6) is 0.00941. The van der Waals surface area contributed by atoms with Gasteiger partial charge in [-0.3, -0.25) is 4.79 Å². The molecular formula is C15H19ClN2O. The minimum atomic E-state index is 0.00941. The summed E-state index contributed by atoms with van der Waals surface area (Å²) in [4.78, 5) is 14.5. The van der Waals surface area contributed by atoms with Crippen molar-refractivity contribution in [2.75, 3.05) is 12.3 Å². The van der Waals surface area contributed by atoms with Crippen molar-refractivity contribution in [1.82, 2.24) is 4.90 Å². The maximum atomic E-state index is 12.6. The molecule has 0 spiro atoms. The third kappa shape index (κ3) is 3.10. The Morgan fingerprint density at radius 1 is 1.47 bits per heavy atom. The number of hydrogen-bond donors (Lipinski definition) is 1. The van der Waals surface area contributed by atoms with Gasteiger partial charge >= 0.3 is 0 Å². The van der Waals surface area contributed by atoms with E-state index in [0.29, 0.717) is 28.9 Å². The summed E-state index contributed by atoms with van der Waals surface area (Å²) in [6.45, 7) is 4.32. The first-order valence-electron chi connectivity index (χ1n) is 6.60. The lowest BCUT2D eigenvalue weighted by Gasteiger charge is -2.28. The molecule has 1 aromatic rings. The molecule has 102 valence electrons. The third-order valence-electron chi connectivity index (χ3n) is 3.60. The number of carbonyl (C=O) groups excluding carboxylic acids is 1. The van der Waals surface area contributed by atoms with E-state index in [9.17, 15) is 4.79 Å². The second-order valence-corrected chi connectivity index (χ2v) is 5.33. The van der Waals surface area contributed by atoms with Crippen LogP contribution in [0.3, 0.4) is 0 Å². The van der Waals surface area contributed by atoms with Gasteiger partial charge in [0.1, 0.15) is 0 Å². The van der Waals surface area contributed by atoms with Gasteiger partial charge in [-0.25, -0.2) is 0 Å². The number of anilines is 1. The molecule has 1 aliphatic rings. The molecule has 0 bridgehead atoms. The second kappa shape index (κ2) is 6.11. The molecule has 1 saturated carbocycles. The van der Waals surface area contributed by atoms with Crippen molar-refractivity contribution in [3.63, 3.8) is 0 Å². The molecule has 1 amide bonds. The number of nitrogens with two attached hydrogens (primary N) is 1. The van der Waals surface area contributed by atoms with E-state index >= 15 is 0 Å². The molecule has 0 atom stereocenters. The van der Waals surface area contributed by atoms with Gasteiger partial charge in [0.25, 0.3) is 5.91 Å². The van der Waals surface area contributed by atoms with E-state index in [1.165, 1.54) is 12.8 Å². The van der Waals surface area contributed by atoms with Crippen molar-refractivity contribution in [2.24, 2.45) is 0 Å². The van der Waals surface area contributed by atoms with Gasteiger partial charge in [-0.15, -0.1) is 6.58 Å². The van der Waals surface area contributed by atoms with Gasteiger partial charge in [-0.2, -0.15) is 0 Å². The number of halogens is 1. The van der Waals surface area contributed by atoms with Gasteiger partial charge in [0.15, 0.2) is 0 Å². The predicted molar refractivity (Wildman–Crippen MR) is 79.4 cm³/mol. The van der Waals surface area contributed by atoms with Crippen LogP contribution in [-0.2, 0) is 0 Å². The van der Waals surface area contributed by atoms with Crippen LogP contribution in [0.5, 0.6) is 0 Å². The summed E-state index contributed by atoms with van der Waals surface area (Å²) in [6.07, 6.45) is 6.30. The third-order valence-corrected chi connectivity index (χ3v) is 3.94. The highest BCUT2D eigenvalue weighted by atomic mass is 35.5. The van der Waals surface area contributed by atoms with Crippen molar-refractivity contribution in [2.45, 2.75) is 31.7 Å². The zero-order valence-corrected chi connectivity index (χ0v) is 11.7. The molecule has 0 radical (unpaired) electrons. The average molecular weight is 279 g/mol. The quantitative estimate of drug-likeness (QED) is 0.677. The molecule has 0 saturated heterocycles. The van der Waals surface area contributed by atoms with E-state index in [4.69, 9.17) is 17.3 Å². The van der Waals surface area contributed by atoms with E-state index in [2.05, 4.69) is 6.58 Å². The van der Waals surface area contributed by atoms with Gasteiger partial charge in [-0.1, -0.05) is 30.5 Å². The van der Waals surface area contributed by atoms with Crippen LogP contribution in [0.15, 0.2) is 30.9 Å². The monoisotopic (exact) mass is 278 g/mol. The summed E-state index contributed by atoms with van der Waals surface area (Å²) < 4.78 is 0. The number of rotatable bonds is 4. The number of nitrogens with zero attached hydrogens (tertiary/aromatic N) is 1. The highest BCUT2D eigenvalue weighted by Crippen LogP contribution is 2.26. The first-order valence-corrected chi connectivity index (χ1v) is 6.98. The Bertz CT molecular complexity index is 481. The topological polar surface area (TPSA) is 46.3 Å². The smallest absolute Gasteiger partial charge is 0.254 e. The highest BCUT2D eigenvalue weighted by molar-refractivity contribution is 6.33. The summed E-state index contributed by atoms with van der Waals surface area (Å²) in [7, 11) is 0. The molecule has 3 nitrogen and oxygen atoms in total. The van der Waals surface area contributed by atoms with Gasteiger partial charge in [-0.05, 0) is 31.0 Å². The lowest BCUT2D eigenvalue weighted by atomic mass is 10.1. The van der Waals surface area contributed by atoms with E-state index in [1.807, 2.05) is 4.90 Å². The first kappa shape index (κ1) is 13.9. The van der Waals surface area contributed by atoms with Crippen molar-refractivity contribution in [1.29, 1.82) is 0 Å². The van der Waals surface area contributed by atoms with Crippen LogP contribution in [0, 0.1) is 0 Å². The first-order chi connectivity index (χ1) is 9.13. The molecule has 4 heteroatoms. The molecule has 0 aliphatic heterocycles. The van der Waals surface area contributed by atoms with E-state index in [0.717, 1.165) is 12.8 Å². The summed E-state index contributed by atoms with van der Waals surface area (Å²) in [5, 5.41) is 0.479. The zero-order chi connectivity index (χ0) is 13.8. The number of benzene rings is 1. The average Bonchev–Trinajstić information content (AvgIpc) is 2.92. The Labute approximate surface area is 119 Å². The Balaban J connectivity index is 2.22. The van der Waals surface area contributed by atoms with Crippen LogP contribution in [0.2, 0.25) is 5.02 Å². The molecule has 0 unspecified atom stereocenters. The van der Waals surface area contributed by atoms with Crippen LogP contribution in [0.4, 0.5) is 5.69 Å². The number of amides is 1. The van der Waals surface area contributed by atoms with Gasteiger partial charge in [0.2, 0.25) is 0 Å². The lowest BCUT2D eigenvalue weighted by Crippen LogP contribution is -2.38.